The summed E-state index contributed by atoms with van der Waals surface area (Å²) in [5, 5.41) is 20.9. The number of hydrogen-bond acceptors (Lipinski definition) is 5. The van der Waals surface area contributed by atoms with Crippen molar-refractivity contribution < 1.29 is 19.4 Å². The Morgan fingerprint density at radius 2 is 2.32 bits per heavy atom. The Labute approximate surface area is 110 Å². The van der Waals surface area contributed by atoms with E-state index < -0.39 is 12.1 Å². The number of carboxylic acid groups (broad SMARTS) is 1. The lowest BCUT2D eigenvalue weighted by Crippen LogP contribution is -2.28. The van der Waals surface area contributed by atoms with Crippen molar-refractivity contribution in [2.24, 2.45) is 0 Å². The Bertz CT molecular complexity index is 579. The lowest BCUT2D eigenvalue weighted by atomic mass is 10.2. The molecule has 6 heteroatoms. The number of oxazole rings is 1. The fourth-order valence-electron chi connectivity index (χ4n) is 1.86. The third-order valence-electron chi connectivity index (χ3n) is 2.68. The number of aliphatic hydroxyl groups excluding tert-OH is 1. The van der Waals surface area contributed by atoms with Crippen LogP contribution in [0.15, 0.2) is 22.6 Å². The molecule has 3 N–H and O–H groups in total. The predicted molar refractivity (Wildman–Crippen MR) is 68.7 cm³/mol. The molecule has 6 nitrogen and oxygen atoms in total. The van der Waals surface area contributed by atoms with Gasteiger partial charge in [-0.3, -0.25) is 4.79 Å². The van der Waals surface area contributed by atoms with Gasteiger partial charge < -0.3 is 19.9 Å². The summed E-state index contributed by atoms with van der Waals surface area (Å²) in [6.07, 6.45) is -1.13. The zero-order chi connectivity index (χ0) is 13.8. The van der Waals surface area contributed by atoms with Crippen LogP contribution < -0.4 is 5.32 Å². The van der Waals surface area contributed by atoms with Gasteiger partial charge in [-0.15, -0.1) is 0 Å². The van der Waals surface area contributed by atoms with Gasteiger partial charge in [0.1, 0.15) is 5.52 Å². The van der Waals surface area contributed by atoms with Crippen LogP contribution >= 0.6 is 0 Å². The molecule has 0 spiro atoms. The summed E-state index contributed by atoms with van der Waals surface area (Å²) in [6.45, 7) is 2.57. The van der Waals surface area contributed by atoms with Crippen molar-refractivity contribution in [3.63, 3.8) is 0 Å². The van der Waals surface area contributed by atoms with E-state index in [-0.39, 0.29) is 13.0 Å². The Morgan fingerprint density at radius 3 is 3.05 bits per heavy atom. The van der Waals surface area contributed by atoms with E-state index in [1.807, 2.05) is 18.2 Å². The molecule has 0 saturated carbocycles. The average molecular weight is 264 g/mol. The van der Waals surface area contributed by atoms with E-state index in [1.54, 1.807) is 6.92 Å². The summed E-state index contributed by atoms with van der Waals surface area (Å²) in [5.74, 6) is -0.384. The Hall–Kier alpha value is -1.92. The van der Waals surface area contributed by atoms with Crippen molar-refractivity contribution in [2.75, 3.05) is 6.54 Å². The Morgan fingerprint density at radius 1 is 1.53 bits per heavy atom. The number of nitrogens with one attached hydrogen (secondary N) is 1. The lowest BCUT2D eigenvalue weighted by Gasteiger charge is -2.09. The fourth-order valence-corrected chi connectivity index (χ4v) is 1.86. The highest BCUT2D eigenvalue weighted by Gasteiger charge is 2.09. The zero-order valence-corrected chi connectivity index (χ0v) is 10.6. The monoisotopic (exact) mass is 264 g/mol. The minimum absolute atomic E-state index is 0.238. The lowest BCUT2D eigenvalue weighted by molar-refractivity contribution is -0.139. The molecule has 0 aliphatic carbocycles. The first-order chi connectivity index (χ1) is 9.04. The number of fused-ring (bicyclic) bond motifs is 1. The van der Waals surface area contributed by atoms with E-state index in [0.717, 1.165) is 16.7 Å². The van der Waals surface area contributed by atoms with Crippen LogP contribution in [0.4, 0.5) is 0 Å². The van der Waals surface area contributed by atoms with E-state index in [0.29, 0.717) is 12.4 Å². The molecule has 0 radical (unpaired) electrons. The van der Waals surface area contributed by atoms with Gasteiger partial charge in [-0.1, -0.05) is 6.07 Å². The first-order valence-corrected chi connectivity index (χ1v) is 6.01. The van der Waals surface area contributed by atoms with Gasteiger partial charge in [0.05, 0.1) is 12.5 Å². The maximum atomic E-state index is 10.4. The minimum Gasteiger partial charge on any atom is -0.481 e. The van der Waals surface area contributed by atoms with E-state index in [9.17, 15) is 9.90 Å². The van der Waals surface area contributed by atoms with Crippen LogP contribution in [0.5, 0.6) is 0 Å². The molecular formula is C13H16N2O4. The number of nitrogens with zero attached hydrogens (tertiary/aromatic N) is 1. The van der Waals surface area contributed by atoms with Crippen LogP contribution in [0.25, 0.3) is 11.1 Å². The second-order valence-corrected chi connectivity index (χ2v) is 4.42. The van der Waals surface area contributed by atoms with Crippen molar-refractivity contribution in [3.05, 3.63) is 29.7 Å². The molecule has 0 amide bonds. The summed E-state index contributed by atoms with van der Waals surface area (Å²) in [7, 11) is 0. The van der Waals surface area contributed by atoms with Crippen LogP contribution in [0.1, 0.15) is 17.9 Å². The van der Waals surface area contributed by atoms with E-state index in [2.05, 4.69) is 10.3 Å². The van der Waals surface area contributed by atoms with E-state index >= 15 is 0 Å². The van der Waals surface area contributed by atoms with Gasteiger partial charge in [0.2, 0.25) is 0 Å². The normalized spacial score (nSPS) is 12.7. The average Bonchev–Trinajstić information content (AvgIpc) is 2.67. The van der Waals surface area contributed by atoms with Crippen molar-refractivity contribution in [1.29, 1.82) is 0 Å². The van der Waals surface area contributed by atoms with Crippen LogP contribution in [0.3, 0.4) is 0 Å². The van der Waals surface area contributed by atoms with E-state index in [1.165, 1.54) is 0 Å². The van der Waals surface area contributed by atoms with Crippen molar-refractivity contribution in [1.82, 2.24) is 10.3 Å². The third-order valence-corrected chi connectivity index (χ3v) is 2.68. The second-order valence-electron chi connectivity index (χ2n) is 4.42. The molecule has 0 saturated heterocycles. The van der Waals surface area contributed by atoms with Gasteiger partial charge in [-0.2, -0.15) is 0 Å². The molecule has 1 aromatic heterocycles. The highest BCUT2D eigenvalue weighted by molar-refractivity contribution is 5.73. The van der Waals surface area contributed by atoms with Crippen LogP contribution in [0, 0.1) is 6.92 Å². The number of carbonyl (C=O) groups is 1. The van der Waals surface area contributed by atoms with Gasteiger partial charge >= 0.3 is 5.97 Å². The summed E-state index contributed by atoms with van der Waals surface area (Å²) < 4.78 is 5.37. The van der Waals surface area contributed by atoms with Gasteiger partial charge in [0.15, 0.2) is 11.5 Å². The summed E-state index contributed by atoms with van der Waals surface area (Å²) in [6, 6.07) is 5.66. The number of aliphatic carboxylic acids is 1. The first-order valence-electron chi connectivity index (χ1n) is 6.01. The fraction of sp³-hybridized carbons (Fsp3) is 0.385. The van der Waals surface area contributed by atoms with Gasteiger partial charge in [0.25, 0.3) is 0 Å². The van der Waals surface area contributed by atoms with Crippen molar-refractivity contribution >= 4 is 17.1 Å². The molecular weight excluding hydrogens is 248 g/mol. The maximum absolute atomic E-state index is 10.4. The number of aryl methyl sites for hydroxylation is 1. The molecule has 2 aromatic rings. The number of carboxylic acids is 1. The highest BCUT2D eigenvalue weighted by Crippen LogP contribution is 2.16. The first kappa shape index (κ1) is 13.5. The van der Waals surface area contributed by atoms with Gasteiger partial charge in [0, 0.05) is 20.0 Å². The summed E-state index contributed by atoms with van der Waals surface area (Å²) in [4.78, 5) is 14.6. The van der Waals surface area contributed by atoms with Crippen LogP contribution in [0.2, 0.25) is 0 Å². The van der Waals surface area contributed by atoms with Gasteiger partial charge in [-0.25, -0.2) is 4.98 Å². The number of aliphatic hydroxyl groups is 1. The molecule has 0 aliphatic heterocycles. The maximum Gasteiger partial charge on any atom is 0.306 e. The molecule has 1 atom stereocenters. The molecule has 102 valence electrons. The quantitative estimate of drug-likeness (QED) is 0.722. The molecule has 0 bridgehead atoms. The Balaban J connectivity index is 1.89. The SMILES string of the molecule is Cc1nc2cc(CNCC(O)CC(=O)O)ccc2o1. The van der Waals surface area contributed by atoms with Crippen LogP contribution in [-0.2, 0) is 11.3 Å². The smallest absolute Gasteiger partial charge is 0.306 e. The molecule has 1 heterocycles. The molecule has 1 aromatic carbocycles. The van der Waals surface area contributed by atoms with E-state index in [4.69, 9.17) is 9.52 Å². The minimum atomic E-state index is -1.01. The number of hydrogen-bond donors (Lipinski definition) is 3. The molecule has 0 fully saturated rings. The number of aromatic nitrogens is 1. The topological polar surface area (TPSA) is 95.6 Å². The zero-order valence-electron chi connectivity index (χ0n) is 10.6. The molecule has 0 aliphatic rings. The van der Waals surface area contributed by atoms with Gasteiger partial charge in [-0.05, 0) is 17.7 Å². The summed E-state index contributed by atoms with van der Waals surface area (Å²) in [5.41, 5.74) is 2.54. The largest absolute Gasteiger partial charge is 0.481 e. The second kappa shape index (κ2) is 5.81. The molecule has 1 unspecified atom stereocenters. The number of rotatable bonds is 6. The summed E-state index contributed by atoms with van der Waals surface area (Å²) >= 11 is 0. The molecule has 19 heavy (non-hydrogen) atoms. The Kier molecular flexibility index (Phi) is 4.13. The van der Waals surface area contributed by atoms with Crippen molar-refractivity contribution in [2.45, 2.75) is 26.0 Å². The molecule has 2 rings (SSSR count). The number of benzene rings is 1. The highest BCUT2D eigenvalue weighted by atomic mass is 16.4. The third kappa shape index (κ3) is 3.77. The predicted octanol–water partition coefficient (Wildman–Crippen LogP) is 1.06. The standard InChI is InChI=1S/C13H16N2O4/c1-8-15-11-4-9(2-3-12(11)19-8)6-14-7-10(16)5-13(17)18/h2-4,10,14,16H,5-7H2,1H3,(H,17,18). The van der Waals surface area contributed by atoms with Crippen molar-refractivity contribution in [3.8, 4) is 0 Å². The van der Waals surface area contributed by atoms with Crippen LogP contribution in [-0.4, -0.2) is 33.8 Å².